The first-order valence-electron chi connectivity index (χ1n) is 7.26. The van der Waals surface area contributed by atoms with Crippen LogP contribution in [0.15, 0.2) is 36.8 Å². The van der Waals surface area contributed by atoms with Crippen molar-refractivity contribution >= 4 is 0 Å². The smallest absolute Gasteiger partial charge is 0.299 e. The van der Waals surface area contributed by atoms with Gasteiger partial charge >= 0.3 is 6.18 Å². The van der Waals surface area contributed by atoms with Crippen LogP contribution >= 0.6 is 0 Å². The minimum Gasteiger partial charge on any atom is -0.299 e. The van der Waals surface area contributed by atoms with Gasteiger partial charge in [0.25, 0.3) is 0 Å². The van der Waals surface area contributed by atoms with Crippen LogP contribution in [0.4, 0.5) is 13.2 Å². The van der Waals surface area contributed by atoms with Crippen LogP contribution in [0.5, 0.6) is 0 Å². The van der Waals surface area contributed by atoms with E-state index in [2.05, 4.69) is 15.0 Å². The van der Waals surface area contributed by atoms with Crippen molar-refractivity contribution in [3.05, 3.63) is 48.0 Å². The lowest BCUT2D eigenvalue weighted by molar-refractivity contribution is -0.141. The Labute approximate surface area is 126 Å². The molecule has 0 bridgehead atoms. The molecule has 0 radical (unpaired) electrons. The lowest BCUT2D eigenvalue weighted by atomic mass is 10.0. The molecule has 0 spiro atoms. The molecule has 0 amide bonds. The lowest BCUT2D eigenvalue weighted by Crippen LogP contribution is -2.34. The van der Waals surface area contributed by atoms with Gasteiger partial charge in [-0.1, -0.05) is 0 Å². The summed E-state index contributed by atoms with van der Waals surface area (Å²) >= 11 is 0. The third kappa shape index (κ3) is 3.47. The second-order valence-corrected chi connectivity index (χ2v) is 5.54. The lowest BCUT2D eigenvalue weighted by Gasteiger charge is -2.32. The van der Waals surface area contributed by atoms with Crippen LogP contribution in [0.2, 0.25) is 0 Å². The molecular weight excluding hydrogens is 293 g/mol. The summed E-state index contributed by atoms with van der Waals surface area (Å²) in [4.78, 5) is 6.30. The van der Waals surface area contributed by atoms with Gasteiger partial charge in [0.1, 0.15) is 0 Å². The van der Waals surface area contributed by atoms with Crippen LogP contribution in [0.1, 0.15) is 30.1 Å². The maximum absolute atomic E-state index is 12.6. The van der Waals surface area contributed by atoms with E-state index in [1.165, 1.54) is 16.4 Å². The van der Waals surface area contributed by atoms with Gasteiger partial charge in [-0.2, -0.15) is 18.3 Å². The average Bonchev–Trinajstić information content (AvgIpc) is 2.99. The largest absolute Gasteiger partial charge is 0.435 e. The van der Waals surface area contributed by atoms with E-state index in [-0.39, 0.29) is 6.04 Å². The van der Waals surface area contributed by atoms with Crippen molar-refractivity contribution in [1.82, 2.24) is 19.7 Å². The molecule has 7 heteroatoms. The SMILES string of the molecule is FC(F)(F)c1ccn(C2CCN(Cc3ccncc3)CC2)n1. The summed E-state index contributed by atoms with van der Waals surface area (Å²) < 4.78 is 39.2. The summed E-state index contributed by atoms with van der Waals surface area (Å²) in [6.45, 7) is 2.56. The van der Waals surface area contributed by atoms with Crippen molar-refractivity contribution in [2.45, 2.75) is 31.6 Å². The molecule has 2 aromatic rings. The zero-order valence-electron chi connectivity index (χ0n) is 12.0. The maximum Gasteiger partial charge on any atom is 0.435 e. The van der Waals surface area contributed by atoms with Crippen LogP contribution in [-0.4, -0.2) is 32.8 Å². The summed E-state index contributed by atoms with van der Waals surface area (Å²) in [5, 5.41) is 3.68. The van der Waals surface area contributed by atoms with Gasteiger partial charge in [0.15, 0.2) is 5.69 Å². The second-order valence-electron chi connectivity index (χ2n) is 5.54. The minimum absolute atomic E-state index is 0.0461. The highest BCUT2D eigenvalue weighted by Crippen LogP contribution is 2.29. The molecule has 2 aromatic heterocycles. The van der Waals surface area contributed by atoms with Crippen molar-refractivity contribution in [3.63, 3.8) is 0 Å². The number of aromatic nitrogens is 3. The molecule has 1 aliphatic rings. The first-order chi connectivity index (χ1) is 10.5. The monoisotopic (exact) mass is 310 g/mol. The van der Waals surface area contributed by atoms with Crippen molar-refractivity contribution in [1.29, 1.82) is 0 Å². The summed E-state index contributed by atoms with van der Waals surface area (Å²) in [5.41, 5.74) is 0.388. The average molecular weight is 310 g/mol. The molecular formula is C15H17F3N4. The van der Waals surface area contributed by atoms with Crippen molar-refractivity contribution < 1.29 is 13.2 Å². The first kappa shape index (κ1) is 15.0. The molecule has 1 fully saturated rings. The minimum atomic E-state index is -4.37. The fraction of sp³-hybridized carbons (Fsp3) is 0.467. The van der Waals surface area contributed by atoms with E-state index in [0.717, 1.165) is 38.5 Å². The van der Waals surface area contributed by atoms with Gasteiger partial charge in [0.2, 0.25) is 0 Å². The second kappa shape index (κ2) is 6.08. The summed E-state index contributed by atoms with van der Waals surface area (Å²) in [7, 11) is 0. The molecule has 0 saturated carbocycles. The van der Waals surface area contributed by atoms with Gasteiger partial charge in [0, 0.05) is 38.2 Å². The zero-order chi connectivity index (χ0) is 15.6. The Morgan fingerprint density at radius 3 is 2.36 bits per heavy atom. The van der Waals surface area contributed by atoms with E-state index < -0.39 is 11.9 Å². The predicted molar refractivity (Wildman–Crippen MR) is 75.0 cm³/mol. The molecule has 118 valence electrons. The van der Waals surface area contributed by atoms with Crippen LogP contribution in [0.3, 0.4) is 0 Å². The molecule has 4 nitrogen and oxygen atoms in total. The fourth-order valence-electron chi connectivity index (χ4n) is 2.78. The van der Waals surface area contributed by atoms with Gasteiger partial charge in [-0.15, -0.1) is 0 Å². The number of likely N-dealkylation sites (tertiary alicyclic amines) is 1. The van der Waals surface area contributed by atoms with Gasteiger partial charge in [-0.25, -0.2) is 0 Å². The summed E-state index contributed by atoms with van der Waals surface area (Å²) in [6.07, 6.45) is 2.22. The molecule has 0 aromatic carbocycles. The van der Waals surface area contributed by atoms with Gasteiger partial charge < -0.3 is 0 Å². The Morgan fingerprint density at radius 2 is 1.77 bits per heavy atom. The van der Waals surface area contributed by atoms with Crippen molar-refractivity contribution in [2.75, 3.05) is 13.1 Å². The molecule has 0 unspecified atom stereocenters. The number of rotatable bonds is 3. The highest BCUT2D eigenvalue weighted by molar-refractivity contribution is 5.09. The van der Waals surface area contributed by atoms with Gasteiger partial charge in [-0.05, 0) is 36.6 Å². The Kier molecular flexibility index (Phi) is 4.15. The number of hydrogen-bond donors (Lipinski definition) is 0. The van der Waals surface area contributed by atoms with Gasteiger partial charge in [-0.3, -0.25) is 14.6 Å². The summed E-state index contributed by atoms with van der Waals surface area (Å²) in [6, 6.07) is 5.05. The number of hydrogen-bond acceptors (Lipinski definition) is 3. The Morgan fingerprint density at radius 1 is 1.09 bits per heavy atom. The summed E-state index contributed by atoms with van der Waals surface area (Å²) in [5.74, 6) is 0. The standard InChI is InChI=1S/C15H17F3N4/c16-15(17,18)14-5-10-22(20-14)13-3-8-21(9-4-13)11-12-1-6-19-7-2-12/h1-2,5-7,10,13H,3-4,8-9,11H2. The molecule has 0 atom stereocenters. The van der Waals surface area contributed by atoms with Crippen molar-refractivity contribution in [3.8, 4) is 0 Å². The van der Waals surface area contributed by atoms with E-state index >= 15 is 0 Å². The Hall–Kier alpha value is -1.89. The van der Waals surface area contributed by atoms with Gasteiger partial charge in [0.05, 0.1) is 6.04 Å². The predicted octanol–water partition coefficient (Wildman–Crippen LogP) is 3.13. The molecule has 22 heavy (non-hydrogen) atoms. The molecule has 0 aliphatic carbocycles. The van der Waals surface area contributed by atoms with Crippen molar-refractivity contribution in [2.24, 2.45) is 0 Å². The zero-order valence-corrected chi connectivity index (χ0v) is 12.0. The normalized spacial score (nSPS) is 17.8. The number of nitrogens with zero attached hydrogens (tertiary/aromatic N) is 4. The highest BCUT2D eigenvalue weighted by Gasteiger charge is 2.34. The maximum atomic E-state index is 12.6. The third-order valence-electron chi connectivity index (χ3n) is 3.99. The van der Waals surface area contributed by atoms with E-state index in [1.54, 1.807) is 12.4 Å². The fourth-order valence-corrected chi connectivity index (χ4v) is 2.78. The van der Waals surface area contributed by atoms with E-state index in [9.17, 15) is 13.2 Å². The number of piperidine rings is 1. The Bertz CT molecular complexity index is 601. The first-order valence-corrected chi connectivity index (χ1v) is 7.26. The van der Waals surface area contributed by atoms with E-state index in [4.69, 9.17) is 0 Å². The molecule has 1 saturated heterocycles. The van der Waals surface area contributed by atoms with E-state index in [0.29, 0.717) is 0 Å². The molecule has 1 aliphatic heterocycles. The van der Waals surface area contributed by atoms with E-state index in [1.807, 2.05) is 12.1 Å². The number of pyridine rings is 1. The number of halogens is 3. The molecule has 3 rings (SSSR count). The molecule has 0 N–H and O–H groups in total. The van der Waals surface area contributed by atoms with Crippen LogP contribution in [0, 0.1) is 0 Å². The number of alkyl halides is 3. The molecule has 3 heterocycles. The van der Waals surface area contributed by atoms with Crippen LogP contribution in [0.25, 0.3) is 0 Å². The quantitative estimate of drug-likeness (QED) is 0.873. The highest BCUT2D eigenvalue weighted by atomic mass is 19.4. The third-order valence-corrected chi connectivity index (χ3v) is 3.99. The topological polar surface area (TPSA) is 34.0 Å². The van der Waals surface area contributed by atoms with Crippen LogP contribution in [-0.2, 0) is 12.7 Å². The van der Waals surface area contributed by atoms with Crippen LogP contribution < -0.4 is 0 Å². The Balaban J connectivity index is 1.56.